The van der Waals surface area contributed by atoms with Crippen molar-refractivity contribution in [2.24, 2.45) is 0 Å². The van der Waals surface area contributed by atoms with Crippen LogP contribution in [-0.4, -0.2) is 43.3 Å². The summed E-state index contributed by atoms with van der Waals surface area (Å²) in [5.41, 5.74) is -0.266. The van der Waals surface area contributed by atoms with E-state index in [9.17, 15) is 5.11 Å². The van der Waals surface area contributed by atoms with Crippen molar-refractivity contribution in [2.75, 3.05) is 32.6 Å². The molecule has 1 aromatic carbocycles. The van der Waals surface area contributed by atoms with Crippen LogP contribution in [0.4, 0.5) is 0 Å². The van der Waals surface area contributed by atoms with Crippen molar-refractivity contribution in [2.45, 2.75) is 17.4 Å². The molecule has 0 spiro atoms. The molecule has 1 heterocycles. The van der Waals surface area contributed by atoms with Crippen LogP contribution < -0.4 is 14.8 Å². The van der Waals surface area contributed by atoms with Gasteiger partial charge in [0.2, 0.25) is 0 Å². The van der Waals surface area contributed by atoms with Crippen molar-refractivity contribution in [1.29, 1.82) is 0 Å². The van der Waals surface area contributed by atoms with Crippen LogP contribution in [0, 0.1) is 0 Å². The molecule has 1 aliphatic rings. The molecule has 0 aliphatic carbocycles. The van der Waals surface area contributed by atoms with E-state index in [2.05, 4.69) is 5.32 Å². The van der Waals surface area contributed by atoms with Crippen LogP contribution >= 0.6 is 11.8 Å². The Labute approximate surface area is 112 Å². The number of fused-ring (bicyclic) bond motifs is 1. The number of hydrogen-bond donors (Lipinski definition) is 2. The number of hydrogen-bond acceptors (Lipinski definition) is 5. The molecule has 0 radical (unpaired) electrons. The summed E-state index contributed by atoms with van der Waals surface area (Å²) in [5, 5.41) is 12.5. The molecule has 4 nitrogen and oxygen atoms in total. The fourth-order valence-electron chi connectivity index (χ4n) is 1.55. The summed E-state index contributed by atoms with van der Waals surface area (Å²) in [7, 11) is 1.86. The third-order valence-corrected chi connectivity index (χ3v) is 4.39. The Hall–Kier alpha value is -0.910. The Balaban J connectivity index is 2.02. The van der Waals surface area contributed by atoms with Gasteiger partial charge in [-0.15, -0.1) is 11.8 Å². The normalized spacial score (nSPS) is 17.3. The van der Waals surface area contributed by atoms with E-state index in [4.69, 9.17) is 9.47 Å². The van der Waals surface area contributed by atoms with Crippen LogP contribution in [-0.2, 0) is 0 Å². The SMILES string of the molecule is CNC(C)(CO)CSc1ccc2c(c1)OCCO2. The molecule has 0 fully saturated rings. The lowest BCUT2D eigenvalue weighted by atomic mass is 10.1. The first-order valence-corrected chi connectivity index (χ1v) is 6.98. The first-order valence-electron chi connectivity index (χ1n) is 5.99. The smallest absolute Gasteiger partial charge is 0.162 e. The highest BCUT2D eigenvalue weighted by molar-refractivity contribution is 7.99. The Kier molecular flexibility index (Phi) is 4.37. The minimum atomic E-state index is -0.266. The van der Waals surface area contributed by atoms with Gasteiger partial charge in [0, 0.05) is 16.2 Å². The average Bonchev–Trinajstić information content (AvgIpc) is 2.44. The predicted octanol–water partition coefficient (Wildman–Crippen LogP) is 1.52. The summed E-state index contributed by atoms with van der Waals surface area (Å²) in [5.74, 6) is 2.41. The molecule has 0 aromatic heterocycles. The van der Waals surface area contributed by atoms with E-state index < -0.39 is 0 Å². The van der Waals surface area contributed by atoms with Crippen LogP contribution in [0.2, 0.25) is 0 Å². The lowest BCUT2D eigenvalue weighted by Crippen LogP contribution is -2.45. The third-order valence-electron chi connectivity index (χ3n) is 3.02. The highest BCUT2D eigenvalue weighted by atomic mass is 32.2. The topological polar surface area (TPSA) is 50.7 Å². The van der Waals surface area contributed by atoms with E-state index in [1.165, 1.54) is 0 Å². The number of benzene rings is 1. The van der Waals surface area contributed by atoms with E-state index in [0.29, 0.717) is 13.2 Å². The molecule has 1 aromatic rings. The monoisotopic (exact) mass is 269 g/mol. The molecule has 2 N–H and O–H groups in total. The summed E-state index contributed by atoms with van der Waals surface area (Å²) in [6.07, 6.45) is 0. The predicted molar refractivity (Wildman–Crippen MR) is 72.7 cm³/mol. The maximum Gasteiger partial charge on any atom is 0.162 e. The zero-order valence-electron chi connectivity index (χ0n) is 10.7. The molecule has 100 valence electrons. The Morgan fingerprint density at radius 3 is 2.72 bits per heavy atom. The second-order valence-corrected chi connectivity index (χ2v) is 5.61. The quantitative estimate of drug-likeness (QED) is 0.794. The third kappa shape index (κ3) is 3.10. The molecule has 0 saturated carbocycles. The highest BCUT2D eigenvalue weighted by Crippen LogP contribution is 2.34. The number of aliphatic hydroxyl groups excluding tert-OH is 1. The van der Waals surface area contributed by atoms with Gasteiger partial charge in [0.25, 0.3) is 0 Å². The van der Waals surface area contributed by atoms with Crippen LogP contribution in [0.5, 0.6) is 11.5 Å². The van der Waals surface area contributed by atoms with Gasteiger partial charge in [-0.3, -0.25) is 0 Å². The fraction of sp³-hybridized carbons (Fsp3) is 0.538. The van der Waals surface area contributed by atoms with Crippen molar-refractivity contribution in [3.05, 3.63) is 18.2 Å². The summed E-state index contributed by atoms with van der Waals surface area (Å²) in [6.45, 7) is 3.33. The van der Waals surface area contributed by atoms with E-state index in [1.54, 1.807) is 11.8 Å². The van der Waals surface area contributed by atoms with Gasteiger partial charge in [-0.05, 0) is 32.2 Å². The maximum absolute atomic E-state index is 9.33. The maximum atomic E-state index is 9.33. The lowest BCUT2D eigenvalue weighted by molar-refractivity contribution is 0.171. The largest absolute Gasteiger partial charge is 0.486 e. The highest BCUT2D eigenvalue weighted by Gasteiger charge is 2.21. The number of aliphatic hydroxyl groups is 1. The van der Waals surface area contributed by atoms with Gasteiger partial charge in [-0.2, -0.15) is 0 Å². The fourth-order valence-corrected chi connectivity index (χ4v) is 2.63. The summed E-state index contributed by atoms with van der Waals surface area (Å²) >= 11 is 1.69. The Bertz CT molecular complexity index is 407. The molecule has 2 rings (SSSR count). The Morgan fingerprint density at radius 2 is 2.06 bits per heavy atom. The number of ether oxygens (including phenoxy) is 2. The zero-order chi connectivity index (χ0) is 13.0. The van der Waals surface area contributed by atoms with E-state index >= 15 is 0 Å². The van der Waals surface area contributed by atoms with E-state index in [-0.39, 0.29) is 12.1 Å². The van der Waals surface area contributed by atoms with Crippen molar-refractivity contribution in [3.8, 4) is 11.5 Å². The average molecular weight is 269 g/mol. The van der Waals surface area contributed by atoms with Gasteiger partial charge in [-0.1, -0.05) is 0 Å². The summed E-state index contributed by atoms with van der Waals surface area (Å²) in [4.78, 5) is 1.12. The molecular formula is C13H19NO3S. The Morgan fingerprint density at radius 1 is 1.33 bits per heavy atom. The van der Waals surface area contributed by atoms with Crippen LogP contribution in [0.15, 0.2) is 23.1 Å². The molecule has 18 heavy (non-hydrogen) atoms. The summed E-state index contributed by atoms with van der Waals surface area (Å²) < 4.78 is 11.0. The van der Waals surface area contributed by atoms with Crippen LogP contribution in [0.1, 0.15) is 6.92 Å². The number of thioether (sulfide) groups is 1. The van der Waals surface area contributed by atoms with E-state index in [0.717, 1.165) is 22.1 Å². The minimum absolute atomic E-state index is 0.112. The standard InChI is InChI=1S/C13H19NO3S/c1-13(8-15,14-2)9-18-10-3-4-11-12(7-10)17-6-5-16-11/h3-4,7,14-15H,5-6,8-9H2,1-2H3. The number of rotatable bonds is 5. The van der Waals surface area contributed by atoms with Crippen molar-refractivity contribution < 1.29 is 14.6 Å². The molecule has 0 amide bonds. The second-order valence-electron chi connectivity index (χ2n) is 4.56. The van der Waals surface area contributed by atoms with Gasteiger partial charge in [0.15, 0.2) is 11.5 Å². The van der Waals surface area contributed by atoms with Crippen molar-refractivity contribution in [1.82, 2.24) is 5.32 Å². The second kappa shape index (κ2) is 5.82. The van der Waals surface area contributed by atoms with Gasteiger partial charge in [0.05, 0.1) is 6.61 Å². The summed E-state index contributed by atoms with van der Waals surface area (Å²) in [6, 6.07) is 5.95. The van der Waals surface area contributed by atoms with Gasteiger partial charge in [-0.25, -0.2) is 0 Å². The minimum Gasteiger partial charge on any atom is -0.486 e. The van der Waals surface area contributed by atoms with E-state index in [1.807, 2.05) is 32.2 Å². The van der Waals surface area contributed by atoms with Crippen molar-refractivity contribution >= 4 is 11.8 Å². The molecule has 1 unspecified atom stereocenters. The van der Waals surface area contributed by atoms with Gasteiger partial charge < -0.3 is 19.9 Å². The molecule has 1 atom stereocenters. The zero-order valence-corrected chi connectivity index (χ0v) is 11.5. The molecule has 1 aliphatic heterocycles. The molecule has 0 saturated heterocycles. The lowest BCUT2D eigenvalue weighted by Gasteiger charge is -2.26. The van der Waals surface area contributed by atoms with Gasteiger partial charge in [0.1, 0.15) is 13.2 Å². The number of likely N-dealkylation sites (N-methyl/N-ethyl adjacent to an activating group) is 1. The van der Waals surface area contributed by atoms with Crippen LogP contribution in [0.25, 0.3) is 0 Å². The van der Waals surface area contributed by atoms with Crippen LogP contribution in [0.3, 0.4) is 0 Å². The first-order chi connectivity index (χ1) is 8.67. The molecule has 0 bridgehead atoms. The molecular weight excluding hydrogens is 250 g/mol. The number of nitrogens with one attached hydrogen (secondary N) is 1. The van der Waals surface area contributed by atoms with Crippen molar-refractivity contribution in [3.63, 3.8) is 0 Å². The molecule has 5 heteroatoms. The van der Waals surface area contributed by atoms with Gasteiger partial charge >= 0.3 is 0 Å². The first kappa shape index (κ1) is 13.5.